The lowest BCUT2D eigenvalue weighted by Crippen LogP contribution is -2.42. The fourth-order valence-corrected chi connectivity index (χ4v) is 3.15. The molecule has 1 heterocycles. The molecule has 7 nitrogen and oxygen atoms in total. The SMILES string of the molecule is C/C=C\C/C=C\C/C=C\C/C=C\C/C=C\C/C=C\CC(=O)NCCC(=O)N[C@@H](Cc1cnc[nH]1)C(C)=O.CC.CCC. The lowest BCUT2D eigenvalue weighted by atomic mass is 10.1. The topological polar surface area (TPSA) is 104 Å². The standard InChI is InChI=1S/C30H42N4O3.C3H8.C2H6/c1-3-4-5-6-7-8-9-10-11-12-13-14-15-16-17-18-19-20-29(36)32-22-21-30(37)34-28(26(2)35)23-27-24-31-25-33-27;1-3-2;1-2/h3-4,6-7,9-10,12-13,15-16,18-19,24-25,28H,5,8,11,14,17,20-23H2,1-2H3,(H,31,33)(H,32,36)(H,34,37);3H2,1-2H3;1-2H3/b4-3-,7-6-,10-9-,13-12-,16-15-,19-18-;;/t28-;;/m0../s1. The number of amides is 2. The number of rotatable bonds is 19. The first-order valence-electron chi connectivity index (χ1n) is 15.3. The van der Waals surface area contributed by atoms with Gasteiger partial charge in [-0.15, -0.1) is 0 Å². The van der Waals surface area contributed by atoms with E-state index < -0.39 is 6.04 Å². The number of ketones is 1. The van der Waals surface area contributed by atoms with Crippen LogP contribution in [0.5, 0.6) is 0 Å². The van der Waals surface area contributed by atoms with Gasteiger partial charge in [0.2, 0.25) is 11.8 Å². The molecule has 42 heavy (non-hydrogen) atoms. The number of aromatic amines is 1. The number of carbonyl (C=O) groups excluding carboxylic acids is 3. The molecular formula is C35H56N4O3. The summed E-state index contributed by atoms with van der Waals surface area (Å²) in [5, 5.41) is 5.44. The highest BCUT2D eigenvalue weighted by molar-refractivity contribution is 5.88. The molecule has 3 N–H and O–H groups in total. The van der Waals surface area contributed by atoms with Crippen molar-refractivity contribution < 1.29 is 14.4 Å². The molecule has 1 atom stereocenters. The van der Waals surface area contributed by atoms with E-state index >= 15 is 0 Å². The van der Waals surface area contributed by atoms with Gasteiger partial charge in [-0.1, -0.05) is 107 Å². The molecule has 0 fully saturated rings. The summed E-state index contributed by atoms with van der Waals surface area (Å²) in [6.45, 7) is 11.9. The zero-order valence-corrected chi connectivity index (χ0v) is 26.9. The molecule has 1 aromatic rings. The molecule has 0 unspecified atom stereocenters. The number of H-pyrrole nitrogens is 1. The summed E-state index contributed by atoms with van der Waals surface area (Å²) in [6, 6.07) is -0.613. The molecule has 0 bridgehead atoms. The predicted octanol–water partition coefficient (Wildman–Crippen LogP) is 7.67. The molecule has 1 rings (SSSR count). The Kier molecular flexibility index (Phi) is 30.6. The molecule has 0 aliphatic rings. The van der Waals surface area contributed by atoms with Crippen molar-refractivity contribution >= 4 is 17.6 Å². The van der Waals surface area contributed by atoms with Crippen LogP contribution in [0.4, 0.5) is 0 Å². The van der Waals surface area contributed by atoms with Crippen LogP contribution in [-0.2, 0) is 20.8 Å². The maximum atomic E-state index is 12.1. The van der Waals surface area contributed by atoms with Crippen LogP contribution in [0.3, 0.4) is 0 Å². The smallest absolute Gasteiger partial charge is 0.223 e. The van der Waals surface area contributed by atoms with Gasteiger partial charge in [-0.25, -0.2) is 4.98 Å². The van der Waals surface area contributed by atoms with Crippen molar-refractivity contribution in [1.29, 1.82) is 0 Å². The number of carbonyl (C=O) groups is 3. The first-order valence-corrected chi connectivity index (χ1v) is 15.3. The van der Waals surface area contributed by atoms with Crippen LogP contribution in [0.1, 0.15) is 98.6 Å². The zero-order chi connectivity index (χ0) is 31.7. The summed E-state index contributed by atoms with van der Waals surface area (Å²) in [5.41, 5.74) is 0.773. The van der Waals surface area contributed by atoms with E-state index in [2.05, 4.69) is 95.2 Å². The molecule has 0 aliphatic carbocycles. The molecule has 2 amide bonds. The van der Waals surface area contributed by atoms with E-state index in [0.717, 1.165) is 37.8 Å². The number of nitrogens with zero attached hydrogens (tertiary/aromatic N) is 1. The van der Waals surface area contributed by atoms with Crippen molar-refractivity contribution in [3.63, 3.8) is 0 Å². The number of aromatic nitrogens is 2. The van der Waals surface area contributed by atoms with Gasteiger partial charge in [0.05, 0.1) is 12.4 Å². The fourth-order valence-electron chi connectivity index (χ4n) is 3.15. The maximum Gasteiger partial charge on any atom is 0.223 e. The van der Waals surface area contributed by atoms with Gasteiger partial charge in [-0.05, 0) is 46.0 Å². The third-order valence-electron chi connectivity index (χ3n) is 5.21. The molecule has 0 saturated carbocycles. The number of imidazole rings is 1. The van der Waals surface area contributed by atoms with Crippen molar-refractivity contribution in [3.8, 4) is 0 Å². The maximum absolute atomic E-state index is 12.1. The molecule has 0 saturated heterocycles. The zero-order valence-electron chi connectivity index (χ0n) is 26.9. The molecule has 0 radical (unpaired) electrons. The van der Waals surface area contributed by atoms with Gasteiger partial charge >= 0.3 is 0 Å². The van der Waals surface area contributed by atoms with Crippen molar-refractivity contribution in [1.82, 2.24) is 20.6 Å². The second-order valence-corrected chi connectivity index (χ2v) is 9.13. The van der Waals surface area contributed by atoms with Crippen LogP contribution in [0, 0.1) is 0 Å². The normalized spacial score (nSPS) is 12.1. The highest BCUT2D eigenvalue weighted by Gasteiger charge is 2.18. The fraction of sp³-hybridized carbons (Fsp3) is 0.486. The van der Waals surface area contributed by atoms with Crippen molar-refractivity contribution in [2.24, 2.45) is 0 Å². The van der Waals surface area contributed by atoms with Gasteiger partial charge in [0.15, 0.2) is 5.78 Å². The quantitative estimate of drug-likeness (QED) is 0.146. The van der Waals surface area contributed by atoms with Crippen LogP contribution in [-0.4, -0.2) is 40.2 Å². The molecule has 1 aromatic heterocycles. The van der Waals surface area contributed by atoms with Crippen LogP contribution in [0.2, 0.25) is 0 Å². The van der Waals surface area contributed by atoms with E-state index in [0.29, 0.717) is 6.42 Å². The summed E-state index contributed by atoms with van der Waals surface area (Å²) >= 11 is 0. The Hall–Kier alpha value is -3.74. The summed E-state index contributed by atoms with van der Waals surface area (Å²) in [7, 11) is 0. The third-order valence-corrected chi connectivity index (χ3v) is 5.21. The van der Waals surface area contributed by atoms with Gasteiger partial charge in [0.1, 0.15) is 0 Å². The minimum Gasteiger partial charge on any atom is -0.355 e. The Morgan fingerprint density at radius 1 is 0.810 bits per heavy atom. The first kappa shape index (κ1) is 40.4. The largest absolute Gasteiger partial charge is 0.355 e. The predicted molar refractivity (Wildman–Crippen MR) is 178 cm³/mol. The van der Waals surface area contributed by atoms with Gasteiger partial charge in [0.25, 0.3) is 0 Å². The number of nitrogens with one attached hydrogen (secondary N) is 3. The Balaban J connectivity index is 0. The second kappa shape index (κ2) is 31.8. The van der Waals surface area contributed by atoms with Crippen LogP contribution in [0.15, 0.2) is 85.4 Å². The second-order valence-electron chi connectivity index (χ2n) is 9.13. The van der Waals surface area contributed by atoms with Gasteiger partial charge in [0, 0.05) is 37.7 Å². The Morgan fingerprint density at radius 3 is 1.71 bits per heavy atom. The van der Waals surface area contributed by atoms with E-state index in [-0.39, 0.29) is 37.0 Å². The first-order chi connectivity index (χ1) is 20.4. The Labute approximate surface area is 255 Å². The lowest BCUT2D eigenvalue weighted by Gasteiger charge is -2.15. The van der Waals surface area contributed by atoms with Gasteiger partial charge < -0.3 is 15.6 Å². The highest BCUT2D eigenvalue weighted by Crippen LogP contribution is 2.01. The number of allylic oxidation sites excluding steroid dienone is 11. The van der Waals surface area contributed by atoms with E-state index in [1.165, 1.54) is 19.7 Å². The third kappa shape index (κ3) is 27.8. The molecule has 0 aliphatic heterocycles. The Bertz CT molecular complexity index is 970. The van der Waals surface area contributed by atoms with Crippen LogP contribution in [0.25, 0.3) is 0 Å². The summed E-state index contributed by atoms with van der Waals surface area (Å²) < 4.78 is 0. The van der Waals surface area contributed by atoms with Crippen molar-refractivity contribution in [2.45, 2.75) is 105 Å². The van der Waals surface area contributed by atoms with Gasteiger partial charge in [-0.2, -0.15) is 0 Å². The number of hydrogen-bond acceptors (Lipinski definition) is 4. The average molecular weight is 581 g/mol. The minimum absolute atomic E-state index is 0.113. The highest BCUT2D eigenvalue weighted by atomic mass is 16.2. The van der Waals surface area contributed by atoms with E-state index in [9.17, 15) is 14.4 Å². The van der Waals surface area contributed by atoms with E-state index in [4.69, 9.17) is 0 Å². The van der Waals surface area contributed by atoms with Crippen LogP contribution < -0.4 is 10.6 Å². The molecule has 0 spiro atoms. The van der Waals surface area contributed by atoms with E-state index in [1.807, 2.05) is 32.9 Å². The Morgan fingerprint density at radius 2 is 1.29 bits per heavy atom. The lowest BCUT2D eigenvalue weighted by molar-refractivity contribution is -0.127. The van der Waals surface area contributed by atoms with E-state index in [1.54, 1.807) is 6.20 Å². The van der Waals surface area contributed by atoms with Crippen LogP contribution >= 0.6 is 0 Å². The summed E-state index contributed by atoms with van der Waals surface area (Å²) in [5.74, 6) is -0.550. The summed E-state index contributed by atoms with van der Waals surface area (Å²) in [4.78, 5) is 42.7. The van der Waals surface area contributed by atoms with Crippen molar-refractivity contribution in [3.05, 3.63) is 91.1 Å². The summed E-state index contributed by atoms with van der Waals surface area (Å²) in [6.07, 6.45) is 34.8. The molecule has 234 valence electrons. The number of hydrogen-bond donors (Lipinski definition) is 3. The molecule has 0 aromatic carbocycles. The van der Waals surface area contributed by atoms with Crippen molar-refractivity contribution in [2.75, 3.05) is 6.54 Å². The minimum atomic E-state index is -0.613. The molecular weight excluding hydrogens is 524 g/mol. The average Bonchev–Trinajstić information content (AvgIpc) is 3.49. The number of Topliss-reactive ketones (excluding diaryl/α,β-unsaturated/α-hetero) is 1. The van der Waals surface area contributed by atoms with Gasteiger partial charge in [-0.3, -0.25) is 14.4 Å². The monoisotopic (exact) mass is 580 g/mol. The molecule has 7 heteroatoms.